The molecule has 8 heteroatoms. The molecule has 0 bridgehead atoms. The summed E-state index contributed by atoms with van der Waals surface area (Å²) >= 11 is 0. The third-order valence-corrected chi connectivity index (χ3v) is 5.64. The van der Waals surface area contributed by atoms with Gasteiger partial charge in [0.1, 0.15) is 11.4 Å². The number of rotatable bonds is 6. The zero-order valence-electron chi connectivity index (χ0n) is 18.9. The van der Waals surface area contributed by atoms with Crippen LogP contribution in [-0.4, -0.2) is 40.1 Å². The number of aliphatic hydroxyl groups excluding tert-OH is 1. The van der Waals surface area contributed by atoms with E-state index in [2.05, 4.69) is 36.1 Å². The lowest BCUT2D eigenvalue weighted by Crippen LogP contribution is -2.43. The number of carbonyl (C=O) groups is 1. The fourth-order valence-corrected chi connectivity index (χ4v) is 3.71. The molecule has 0 spiro atoms. The molecule has 2 atom stereocenters. The van der Waals surface area contributed by atoms with Crippen molar-refractivity contribution in [3.63, 3.8) is 0 Å². The Bertz CT molecular complexity index is 940. The summed E-state index contributed by atoms with van der Waals surface area (Å²) in [6, 6.07) is 5.99. The molecule has 2 aromatic rings. The van der Waals surface area contributed by atoms with Crippen LogP contribution in [0.5, 0.6) is 0 Å². The van der Waals surface area contributed by atoms with Crippen LogP contribution in [0.1, 0.15) is 74.5 Å². The van der Waals surface area contributed by atoms with E-state index in [1.807, 2.05) is 30.0 Å². The maximum absolute atomic E-state index is 12.0. The van der Waals surface area contributed by atoms with Crippen molar-refractivity contribution in [3.05, 3.63) is 41.1 Å². The van der Waals surface area contributed by atoms with Gasteiger partial charge in [0, 0.05) is 31.0 Å². The Kier molecular flexibility index (Phi) is 6.81. The average Bonchev–Trinajstić information content (AvgIpc) is 2.72. The summed E-state index contributed by atoms with van der Waals surface area (Å²) in [7, 11) is 0. The molecule has 6 N–H and O–H groups in total. The molecule has 0 saturated carbocycles. The van der Waals surface area contributed by atoms with Gasteiger partial charge >= 0.3 is 0 Å². The minimum atomic E-state index is -0.606. The lowest BCUT2D eigenvalue weighted by Gasteiger charge is -2.31. The summed E-state index contributed by atoms with van der Waals surface area (Å²) in [6.45, 7) is 9.77. The van der Waals surface area contributed by atoms with Crippen molar-refractivity contribution >= 4 is 23.4 Å². The van der Waals surface area contributed by atoms with Gasteiger partial charge in [-0.15, -0.1) is 0 Å². The highest BCUT2D eigenvalue weighted by atomic mass is 16.3. The van der Waals surface area contributed by atoms with E-state index in [1.165, 1.54) is 6.20 Å². The largest absolute Gasteiger partial charge is 0.388 e. The lowest BCUT2D eigenvalue weighted by molar-refractivity contribution is 0.100. The summed E-state index contributed by atoms with van der Waals surface area (Å²) in [5.41, 5.74) is 14.4. The zero-order valence-corrected chi connectivity index (χ0v) is 18.9. The first-order valence-corrected chi connectivity index (χ1v) is 10.9. The van der Waals surface area contributed by atoms with E-state index in [0.717, 1.165) is 36.2 Å². The van der Waals surface area contributed by atoms with Gasteiger partial charge in [-0.3, -0.25) is 4.79 Å². The number of carbonyl (C=O) groups excluding carboxylic acids is 1. The number of benzene rings is 1. The predicted molar refractivity (Wildman–Crippen MR) is 124 cm³/mol. The van der Waals surface area contributed by atoms with Gasteiger partial charge in [-0.25, -0.2) is 4.98 Å². The summed E-state index contributed by atoms with van der Waals surface area (Å²) < 4.78 is 0. The van der Waals surface area contributed by atoms with Crippen molar-refractivity contribution in [1.29, 1.82) is 0 Å². The SMILES string of the molecule is CCC(O)c1cc(Nc2nc(N3CCC[C@H](N)C3)ncc2C(N)=O)cc(C(C)(C)C)c1. The van der Waals surface area contributed by atoms with Crippen molar-refractivity contribution in [3.8, 4) is 0 Å². The first kappa shape index (κ1) is 23.0. The molecule has 1 aliphatic heterocycles. The molecule has 0 aliphatic carbocycles. The molecule has 1 saturated heterocycles. The Morgan fingerprint density at radius 2 is 2.10 bits per heavy atom. The van der Waals surface area contributed by atoms with Crippen molar-refractivity contribution in [2.45, 2.75) is 64.5 Å². The predicted octanol–water partition coefficient (Wildman–Crippen LogP) is 2.99. The van der Waals surface area contributed by atoms with Crippen LogP contribution < -0.4 is 21.7 Å². The van der Waals surface area contributed by atoms with Crippen molar-refractivity contribution in [2.24, 2.45) is 11.5 Å². The number of anilines is 3. The van der Waals surface area contributed by atoms with Crippen LogP contribution in [0, 0.1) is 0 Å². The second-order valence-electron chi connectivity index (χ2n) is 9.29. The number of primary amides is 1. The van der Waals surface area contributed by atoms with Crippen LogP contribution in [-0.2, 0) is 5.41 Å². The van der Waals surface area contributed by atoms with Crippen LogP contribution in [0.4, 0.5) is 17.5 Å². The Hall–Kier alpha value is -2.71. The third-order valence-electron chi connectivity index (χ3n) is 5.64. The van der Waals surface area contributed by atoms with Crippen LogP contribution in [0.2, 0.25) is 0 Å². The quantitative estimate of drug-likeness (QED) is 0.558. The van der Waals surface area contributed by atoms with Crippen LogP contribution in [0.25, 0.3) is 0 Å². The second kappa shape index (κ2) is 9.20. The molecular weight excluding hydrogens is 392 g/mol. The molecule has 3 rings (SSSR count). The summed E-state index contributed by atoms with van der Waals surface area (Å²) in [6.07, 6.45) is 3.43. The van der Waals surface area contributed by atoms with Gasteiger partial charge < -0.3 is 26.8 Å². The van der Waals surface area contributed by atoms with E-state index in [0.29, 0.717) is 24.7 Å². The number of amides is 1. The topological polar surface area (TPSA) is 130 Å². The molecule has 168 valence electrons. The summed E-state index contributed by atoms with van der Waals surface area (Å²) in [5.74, 6) is 0.258. The monoisotopic (exact) mass is 426 g/mol. The second-order valence-corrected chi connectivity index (χ2v) is 9.29. The van der Waals surface area contributed by atoms with Crippen molar-refractivity contribution < 1.29 is 9.90 Å². The molecule has 1 aliphatic rings. The number of hydrogen-bond donors (Lipinski definition) is 4. The average molecular weight is 427 g/mol. The minimum Gasteiger partial charge on any atom is -0.388 e. The number of nitrogens with two attached hydrogens (primary N) is 2. The number of hydrogen-bond acceptors (Lipinski definition) is 7. The van der Waals surface area contributed by atoms with E-state index in [4.69, 9.17) is 11.5 Å². The highest BCUT2D eigenvalue weighted by molar-refractivity contribution is 5.98. The Morgan fingerprint density at radius 1 is 1.35 bits per heavy atom. The Balaban J connectivity index is 2.02. The van der Waals surface area contributed by atoms with E-state index < -0.39 is 12.0 Å². The fraction of sp³-hybridized carbons (Fsp3) is 0.522. The van der Waals surface area contributed by atoms with Gasteiger partial charge in [0.25, 0.3) is 5.91 Å². The maximum atomic E-state index is 12.0. The molecule has 2 heterocycles. The highest BCUT2D eigenvalue weighted by Crippen LogP contribution is 2.32. The third kappa shape index (κ3) is 5.51. The molecule has 8 nitrogen and oxygen atoms in total. The summed E-state index contributed by atoms with van der Waals surface area (Å²) in [4.78, 5) is 23.0. The zero-order chi connectivity index (χ0) is 22.8. The van der Waals surface area contributed by atoms with Gasteiger partial charge in [-0.05, 0) is 47.9 Å². The minimum absolute atomic E-state index is 0.0751. The van der Waals surface area contributed by atoms with Crippen LogP contribution in [0.15, 0.2) is 24.4 Å². The van der Waals surface area contributed by atoms with Gasteiger partial charge in [0.15, 0.2) is 0 Å². The highest BCUT2D eigenvalue weighted by Gasteiger charge is 2.22. The van der Waals surface area contributed by atoms with Crippen LogP contribution >= 0.6 is 0 Å². The summed E-state index contributed by atoms with van der Waals surface area (Å²) in [5, 5.41) is 13.7. The van der Waals surface area contributed by atoms with E-state index in [1.54, 1.807) is 0 Å². The number of aliphatic hydroxyl groups is 1. The Labute approximate surface area is 184 Å². The number of piperidine rings is 1. The number of nitrogens with zero attached hydrogens (tertiary/aromatic N) is 3. The smallest absolute Gasteiger partial charge is 0.254 e. The van der Waals surface area contributed by atoms with E-state index in [-0.39, 0.29) is 17.0 Å². The molecule has 1 amide bonds. The number of nitrogens with one attached hydrogen (secondary N) is 1. The first-order chi connectivity index (χ1) is 14.6. The normalized spacial score (nSPS) is 18.0. The molecular formula is C23H34N6O2. The van der Waals surface area contributed by atoms with Crippen molar-refractivity contribution in [1.82, 2.24) is 9.97 Å². The lowest BCUT2D eigenvalue weighted by atomic mass is 9.85. The molecule has 1 aromatic heterocycles. The molecule has 1 unspecified atom stereocenters. The maximum Gasteiger partial charge on any atom is 0.254 e. The van der Waals surface area contributed by atoms with Gasteiger partial charge in [0.05, 0.1) is 6.10 Å². The number of aromatic nitrogens is 2. The van der Waals surface area contributed by atoms with E-state index in [9.17, 15) is 9.90 Å². The van der Waals surface area contributed by atoms with Gasteiger partial charge in [0.2, 0.25) is 5.95 Å². The first-order valence-electron chi connectivity index (χ1n) is 10.9. The van der Waals surface area contributed by atoms with Crippen LogP contribution in [0.3, 0.4) is 0 Å². The van der Waals surface area contributed by atoms with Gasteiger partial charge in [-0.2, -0.15) is 4.98 Å². The fourth-order valence-electron chi connectivity index (χ4n) is 3.71. The van der Waals surface area contributed by atoms with Gasteiger partial charge in [-0.1, -0.05) is 33.8 Å². The van der Waals surface area contributed by atoms with E-state index >= 15 is 0 Å². The molecule has 31 heavy (non-hydrogen) atoms. The molecule has 0 radical (unpaired) electrons. The standard InChI is InChI=1S/C23H34N6O2/c1-5-19(30)14-9-15(23(2,3)4)11-17(10-14)27-21-18(20(25)31)12-26-22(28-21)29-8-6-7-16(24)13-29/h9-12,16,19,30H,5-8,13,24H2,1-4H3,(H2,25,31)(H,26,27,28)/t16-,19?/m0/s1. The Morgan fingerprint density at radius 3 is 2.71 bits per heavy atom. The molecule has 1 aromatic carbocycles. The van der Waals surface area contributed by atoms with Crippen molar-refractivity contribution in [2.75, 3.05) is 23.3 Å². The molecule has 1 fully saturated rings.